The molecule has 0 rings (SSSR count). The highest BCUT2D eigenvalue weighted by Gasteiger charge is 1.93. The molecule has 0 aromatic rings. The van der Waals surface area contributed by atoms with Crippen LogP contribution in [0.5, 0.6) is 0 Å². The van der Waals surface area contributed by atoms with Gasteiger partial charge in [-0.25, -0.2) is 9.59 Å². The molecule has 13 heavy (non-hydrogen) atoms. The second kappa shape index (κ2) is 7.09. The summed E-state index contributed by atoms with van der Waals surface area (Å²) in [6.45, 7) is 1.92. The van der Waals surface area contributed by atoms with Gasteiger partial charge in [0.1, 0.15) is 0 Å². The molecule has 0 aliphatic carbocycles. The summed E-state index contributed by atoms with van der Waals surface area (Å²) in [5.41, 5.74) is 0. The average Bonchev–Trinajstić information content (AvgIpc) is 2.03. The Hall–Kier alpha value is -1.58. The van der Waals surface area contributed by atoms with E-state index < -0.39 is 11.9 Å². The Morgan fingerprint density at radius 1 is 1.38 bits per heavy atom. The molecular weight excluding hydrogens is 172 g/mol. The van der Waals surface area contributed by atoms with E-state index in [1.54, 1.807) is 13.0 Å². The summed E-state index contributed by atoms with van der Waals surface area (Å²) in [4.78, 5) is 20.7. The first-order chi connectivity index (χ1) is 6.16. The molecule has 0 fully saturated rings. The average molecular weight is 184 g/mol. The standard InChI is InChI=1S/C9H12O4/c1-2-5-9(12)13-7-4-3-6-8(10)11/h2-3,5-6H,4,7H2,1H3,(H,10,11)/b5-2?,6-3+. The SMILES string of the molecule is CC=CC(=O)OCC/C=C/C(=O)O. The molecule has 0 unspecified atom stereocenters. The van der Waals surface area contributed by atoms with Gasteiger partial charge in [0.05, 0.1) is 6.61 Å². The molecule has 0 radical (unpaired) electrons. The normalized spacial score (nSPS) is 10.8. The highest BCUT2D eigenvalue weighted by atomic mass is 16.5. The smallest absolute Gasteiger partial charge is 0.330 e. The van der Waals surface area contributed by atoms with E-state index in [1.807, 2.05) is 0 Å². The quantitative estimate of drug-likeness (QED) is 0.395. The van der Waals surface area contributed by atoms with Crippen molar-refractivity contribution < 1.29 is 19.4 Å². The minimum absolute atomic E-state index is 0.201. The number of rotatable bonds is 5. The fourth-order valence-electron chi connectivity index (χ4n) is 0.596. The van der Waals surface area contributed by atoms with Crippen LogP contribution in [0.25, 0.3) is 0 Å². The van der Waals surface area contributed by atoms with Crippen molar-refractivity contribution in [3.63, 3.8) is 0 Å². The first kappa shape index (κ1) is 11.4. The number of hydrogen-bond donors (Lipinski definition) is 1. The number of carbonyl (C=O) groups excluding carboxylic acids is 1. The maximum absolute atomic E-state index is 10.7. The maximum Gasteiger partial charge on any atom is 0.330 e. The molecule has 0 aromatic heterocycles. The third-order valence-electron chi connectivity index (χ3n) is 1.09. The van der Waals surface area contributed by atoms with Gasteiger partial charge in [-0.05, 0) is 6.92 Å². The highest BCUT2D eigenvalue weighted by molar-refractivity contribution is 5.81. The van der Waals surface area contributed by atoms with Crippen molar-refractivity contribution in [3.05, 3.63) is 24.3 Å². The third-order valence-corrected chi connectivity index (χ3v) is 1.09. The van der Waals surface area contributed by atoms with Crippen molar-refractivity contribution in [2.75, 3.05) is 6.61 Å². The number of ether oxygens (including phenoxy) is 1. The minimum atomic E-state index is -1.00. The summed E-state index contributed by atoms with van der Waals surface area (Å²) in [7, 11) is 0. The topological polar surface area (TPSA) is 63.6 Å². The van der Waals surface area contributed by atoms with Gasteiger partial charge in [-0.2, -0.15) is 0 Å². The summed E-state index contributed by atoms with van der Waals surface area (Å²) in [5.74, 6) is -1.41. The van der Waals surface area contributed by atoms with E-state index in [2.05, 4.69) is 0 Å². The van der Waals surface area contributed by atoms with Gasteiger partial charge < -0.3 is 9.84 Å². The lowest BCUT2D eigenvalue weighted by molar-refractivity contribution is -0.137. The molecule has 0 saturated carbocycles. The number of hydrogen-bond acceptors (Lipinski definition) is 3. The summed E-state index contributed by atoms with van der Waals surface area (Å²) in [5, 5.41) is 8.20. The van der Waals surface area contributed by atoms with Crippen LogP contribution in [-0.2, 0) is 14.3 Å². The molecule has 1 N–H and O–H groups in total. The Kier molecular flexibility index (Phi) is 6.23. The van der Waals surface area contributed by atoms with Crippen molar-refractivity contribution in [3.8, 4) is 0 Å². The Morgan fingerprint density at radius 3 is 2.62 bits per heavy atom. The second-order valence-electron chi connectivity index (χ2n) is 2.20. The molecular formula is C9H12O4. The Balaban J connectivity index is 3.46. The molecule has 0 heterocycles. The van der Waals surface area contributed by atoms with Crippen molar-refractivity contribution in [1.82, 2.24) is 0 Å². The van der Waals surface area contributed by atoms with Gasteiger partial charge in [0.25, 0.3) is 0 Å². The molecule has 4 nitrogen and oxygen atoms in total. The number of carboxylic acid groups (broad SMARTS) is 1. The van der Waals surface area contributed by atoms with E-state index >= 15 is 0 Å². The highest BCUT2D eigenvalue weighted by Crippen LogP contribution is 1.87. The van der Waals surface area contributed by atoms with E-state index in [4.69, 9.17) is 9.84 Å². The monoisotopic (exact) mass is 184 g/mol. The van der Waals surface area contributed by atoms with Gasteiger partial charge in [-0.1, -0.05) is 12.2 Å². The molecule has 0 aliphatic heterocycles. The lowest BCUT2D eigenvalue weighted by Crippen LogP contribution is -2.01. The van der Waals surface area contributed by atoms with Gasteiger partial charge >= 0.3 is 11.9 Å². The van der Waals surface area contributed by atoms with E-state index in [0.29, 0.717) is 6.42 Å². The maximum atomic E-state index is 10.7. The summed E-state index contributed by atoms with van der Waals surface area (Å²) in [6, 6.07) is 0. The number of aliphatic carboxylic acids is 1. The van der Waals surface area contributed by atoms with E-state index in [1.165, 1.54) is 12.2 Å². The van der Waals surface area contributed by atoms with Crippen LogP contribution in [0.2, 0.25) is 0 Å². The number of allylic oxidation sites excluding steroid dienone is 1. The van der Waals surface area contributed by atoms with Crippen LogP contribution in [0.1, 0.15) is 13.3 Å². The largest absolute Gasteiger partial charge is 0.478 e. The molecule has 0 amide bonds. The van der Waals surface area contributed by atoms with Gasteiger partial charge in [0.2, 0.25) is 0 Å². The Labute approximate surface area is 76.5 Å². The van der Waals surface area contributed by atoms with Crippen LogP contribution >= 0.6 is 0 Å². The van der Waals surface area contributed by atoms with Crippen LogP contribution in [0.4, 0.5) is 0 Å². The molecule has 0 saturated heterocycles. The molecule has 4 heteroatoms. The van der Waals surface area contributed by atoms with Crippen LogP contribution in [0.15, 0.2) is 24.3 Å². The Morgan fingerprint density at radius 2 is 2.08 bits per heavy atom. The van der Waals surface area contributed by atoms with Crippen LogP contribution in [0.3, 0.4) is 0 Å². The van der Waals surface area contributed by atoms with Gasteiger partial charge in [-0.15, -0.1) is 0 Å². The zero-order valence-corrected chi connectivity index (χ0v) is 7.40. The lowest BCUT2D eigenvalue weighted by atomic mass is 10.4. The second-order valence-corrected chi connectivity index (χ2v) is 2.20. The molecule has 0 aliphatic rings. The van der Waals surface area contributed by atoms with E-state index in [9.17, 15) is 9.59 Å². The first-order valence-corrected chi connectivity index (χ1v) is 3.85. The van der Waals surface area contributed by atoms with Gasteiger partial charge in [-0.3, -0.25) is 0 Å². The van der Waals surface area contributed by atoms with Crippen molar-refractivity contribution >= 4 is 11.9 Å². The van der Waals surface area contributed by atoms with Crippen LogP contribution in [-0.4, -0.2) is 23.7 Å². The molecule has 0 atom stereocenters. The predicted molar refractivity (Wildman–Crippen MR) is 47.2 cm³/mol. The molecule has 0 bridgehead atoms. The summed E-state index contributed by atoms with van der Waals surface area (Å²) < 4.78 is 4.69. The zero-order valence-electron chi connectivity index (χ0n) is 7.40. The number of carbonyl (C=O) groups is 2. The Bertz CT molecular complexity index is 228. The summed E-state index contributed by atoms with van der Waals surface area (Å²) in [6.07, 6.45) is 5.75. The van der Waals surface area contributed by atoms with Gasteiger partial charge in [0, 0.05) is 18.6 Å². The predicted octanol–water partition coefficient (Wildman–Crippen LogP) is 1.14. The van der Waals surface area contributed by atoms with Crippen LogP contribution < -0.4 is 0 Å². The van der Waals surface area contributed by atoms with E-state index in [-0.39, 0.29) is 6.61 Å². The van der Waals surface area contributed by atoms with Crippen LogP contribution in [0, 0.1) is 0 Å². The third kappa shape index (κ3) is 8.33. The molecule has 0 spiro atoms. The van der Waals surface area contributed by atoms with E-state index in [0.717, 1.165) is 6.08 Å². The fourth-order valence-corrected chi connectivity index (χ4v) is 0.596. The summed E-state index contributed by atoms with van der Waals surface area (Å²) >= 11 is 0. The van der Waals surface area contributed by atoms with Gasteiger partial charge in [0.15, 0.2) is 0 Å². The zero-order chi connectivity index (χ0) is 10.1. The molecule has 0 aromatic carbocycles. The minimum Gasteiger partial charge on any atom is -0.478 e. The van der Waals surface area contributed by atoms with Crippen molar-refractivity contribution in [1.29, 1.82) is 0 Å². The fraction of sp³-hybridized carbons (Fsp3) is 0.333. The molecule has 72 valence electrons. The van der Waals surface area contributed by atoms with Crippen molar-refractivity contribution in [2.24, 2.45) is 0 Å². The lowest BCUT2D eigenvalue weighted by Gasteiger charge is -1.96. The first-order valence-electron chi connectivity index (χ1n) is 3.85. The van der Waals surface area contributed by atoms with Crippen molar-refractivity contribution in [2.45, 2.75) is 13.3 Å². The number of carboxylic acids is 1. The number of esters is 1.